The second-order valence-corrected chi connectivity index (χ2v) is 8.02. The molecule has 3 unspecified atom stereocenters. The molecule has 1 heterocycles. The molecule has 122 valence electrons. The van der Waals surface area contributed by atoms with Gasteiger partial charge in [-0.2, -0.15) is 0 Å². The predicted octanol–water partition coefficient (Wildman–Crippen LogP) is 0.752. The van der Waals surface area contributed by atoms with Gasteiger partial charge in [0, 0.05) is 12.1 Å². The molecule has 0 bridgehead atoms. The molecular formula is C13H24N2O5S. The van der Waals surface area contributed by atoms with E-state index in [-0.39, 0.29) is 35.5 Å². The number of carboxylic acid groups (broad SMARTS) is 1. The highest BCUT2D eigenvalue weighted by Crippen LogP contribution is 2.12. The Morgan fingerprint density at radius 3 is 2.48 bits per heavy atom. The third-order valence-electron chi connectivity index (χ3n) is 3.64. The first-order valence-corrected chi connectivity index (χ1v) is 9.02. The molecule has 0 radical (unpaired) electrons. The van der Waals surface area contributed by atoms with Gasteiger partial charge in [0.05, 0.1) is 17.4 Å². The Kier molecular flexibility index (Phi) is 6.44. The Labute approximate surface area is 125 Å². The summed E-state index contributed by atoms with van der Waals surface area (Å²) in [5, 5.41) is 14.2. The molecule has 2 amide bonds. The number of rotatable bonds is 7. The number of hydrogen-bond donors (Lipinski definition) is 3. The number of sulfone groups is 1. The fourth-order valence-corrected chi connectivity index (χ4v) is 3.96. The van der Waals surface area contributed by atoms with Crippen molar-refractivity contribution in [2.45, 2.75) is 51.6 Å². The van der Waals surface area contributed by atoms with Crippen LogP contribution in [0.15, 0.2) is 0 Å². The molecule has 1 rings (SSSR count). The van der Waals surface area contributed by atoms with Gasteiger partial charge in [0.2, 0.25) is 0 Å². The molecule has 1 saturated heterocycles. The van der Waals surface area contributed by atoms with Gasteiger partial charge in [0.25, 0.3) is 0 Å². The quantitative estimate of drug-likeness (QED) is 0.641. The summed E-state index contributed by atoms with van der Waals surface area (Å²) in [6.07, 6.45) is 2.44. The summed E-state index contributed by atoms with van der Waals surface area (Å²) in [5.41, 5.74) is 0. The average molecular weight is 320 g/mol. The first-order chi connectivity index (χ1) is 9.69. The SMILES string of the molecule is CC(CCCC(C)C(=O)O)NC(=O)NC1CCS(=O)(=O)C1. The minimum absolute atomic E-state index is 0.00489. The van der Waals surface area contributed by atoms with Gasteiger partial charge in [-0.05, 0) is 26.2 Å². The molecule has 8 heteroatoms. The fourth-order valence-electron chi connectivity index (χ4n) is 2.29. The van der Waals surface area contributed by atoms with Crippen molar-refractivity contribution in [1.29, 1.82) is 0 Å². The van der Waals surface area contributed by atoms with Crippen molar-refractivity contribution in [3.8, 4) is 0 Å². The van der Waals surface area contributed by atoms with E-state index in [2.05, 4.69) is 10.6 Å². The van der Waals surface area contributed by atoms with Crippen molar-refractivity contribution in [3.05, 3.63) is 0 Å². The lowest BCUT2D eigenvalue weighted by atomic mass is 10.0. The van der Waals surface area contributed by atoms with Crippen molar-refractivity contribution in [3.63, 3.8) is 0 Å². The Bertz CT molecular complexity index is 477. The average Bonchev–Trinajstić information content (AvgIpc) is 2.67. The summed E-state index contributed by atoms with van der Waals surface area (Å²) in [5.74, 6) is -1.06. The summed E-state index contributed by atoms with van der Waals surface area (Å²) in [6.45, 7) is 3.50. The van der Waals surface area contributed by atoms with Crippen LogP contribution in [-0.2, 0) is 14.6 Å². The van der Waals surface area contributed by atoms with Crippen molar-refractivity contribution in [2.24, 2.45) is 5.92 Å². The molecule has 3 atom stereocenters. The van der Waals surface area contributed by atoms with Crippen LogP contribution in [0.3, 0.4) is 0 Å². The molecule has 7 nitrogen and oxygen atoms in total. The number of nitrogens with one attached hydrogen (secondary N) is 2. The summed E-state index contributed by atoms with van der Waals surface area (Å²) in [6, 6.07) is -0.755. The zero-order valence-corrected chi connectivity index (χ0v) is 13.3. The molecule has 0 saturated carbocycles. The van der Waals surface area contributed by atoms with E-state index in [0.29, 0.717) is 25.7 Å². The maximum atomic E-state index is 11.7. The summed E-state index contributed by atoms with van der Waals surface area (Å²) < 4.78 is 22.6. The number of aliphatic carboxylic acids is 1. The zero-order chi connectivity index (χ0) is 16.0. The molecule has 1 fully saturated rings. The first-order valence-electron chi connectivity index (χ1n) is 7.20. The summed E-state index contributed by atoms with van der Waals surface area (Å²) in [4.78, 5) is 22.4. The van der Waals surface area contributed by atoms with E-state index in [4.69, 9.17) is 5.11 Å². The normalized spacial score (nSPS) is 23.2. The number of carbonyl (C=O) groups is 2. The highest BCUT2D eigenvalue weighted by atomic mass is 32.2. The molecule has 0 spiro atoms. The van der Waals surface area contributed by atoms with Gasteiger partial charge >= 0.3 is 12.0 Å². The fraction of sp³-hybridized carbons (Fsp3) is 0.846. The van der Waals surface area contributed by atoms with Gasteiger partial charge in [0.15, 0.2) is 9.84 Å². The number of carbonyl (C=O) groups excluding carboxylic acids is 1. The van der Waals surface area contributed by atoms with Gasteiger partial charge in [0.1, 0.15) is 0 Å². The number of hydrogen-bond acceptors (Lipinski definition) is 4. The van der Waals surface area contributed by atoms with Crippen LogP contribution >= 0.6 is 0 Å². The van der Waals surface area contributed by atoms with E-state index < -0.39 is 15.8 Å². The van der Waals surface area contributed by atoms with E-state index in [1.807, 2.05) is 6.92 Å². The minimum atomic E-state index is -3.00. The highest BCUT2D eigenvalue weighted by Gasteiger charge is 2.29. The Morgan fingerprint density at radius 1 is 1.29 bits per heavy atom. The zero-order valence-electron chi connectivity index (χ0n) is 12.5. The summed E-state index contributed by atoms with van der Waals surface area (Å²) >= 11 is 0. The van der Waals surface area contributed by atoms with E-state index in [1.165, 1.54) is 0 Å². The van der Waals surface area contributed by atoms with E-state index >= 15 is 0 Å². The molecule has 0 aliphatic carbocycles. The van der Waals surface area contributed by atoms with Crippen molar-refractivity contribution in [1.82, 2.24) is 10.6 Å². The second kappa shape index (κ2) is 7.63. The Morgan fingerprint density at radius 2 is 1.95 bits per heavy atom. The monoisotopic (exact) mass is 320 g/mol. The van der Waals surface area contributed by atoms with Crippen LogP contribution in [0.1, 0.15) is 39.5 Å². The van der Waals surface area contributed by atoms with E-state index in [9.17, 15) is 18.0 Å². The van der Waals surface area contributed by atoms with Gasteiger partial charge in [-0.25, -0.2) is 13.2 Å². The van der Waals surface area contributed by atoms with Crippen LogP contribution in [-0.4, -0.2) is 49.1 Å². The first kappa shape index (κ1) is 17.7. The maximum Gasteiger partial charge on any atom is 0.315 e. The second-order valence-electron chi connectivity index (χ2n) is 5.79. The largest absolute Gasteiger partial charge is 0.481 e. The lowest BCUT2D eigenvalue weighted by Crippen LogP contribution is -2.45. The Hall–Kier alpha value is -1.31. The standard InChI is InChI=1S/C13H24N2O5S/c1-9(12(16)17)4-3-5-10(2)14-13(18)15-11-6-7-21(19,20)8-11/h9-11H,3-8H2,1-2H3,(H,16,17)(H2,14,15,18). The molecule has 1 aliphatic rings. The van der Waals surface area contributed by atoms with E-state index in [0.717, 1.165) is 0 Å². The molecule has 0 aromatic carbocycles. The van der Waals surface area contributed by atoms with Crippen LogP contribution in [0.2, 0.25) is 0 Å². The molecular weight excluding hydrogens is 296 g/mol. The van der Waals surface area contributed by atoms with Crippen LogP contribution in [0.4, 0.5) is 4.79 Å². The third kappa shape index (κ3) is 6.79. The predicted molar refractivity (Wildman–Crippen MR) is 78.8 cm³/mol. The van der Waals surface area contributed by atoms with Crippen LogP contribution < -0.4 is 10.6 Å². The number of carboxylic acids is 1. The van der Waals surface area contributed by atoms with Gasteiger partial charge in [-0.15, -0.1) is 0 Å². The molecule has 21 heavy (non-hydrogen) atoms. The number of amides is 2. The Balaban J connectivity index is 2.20. The molecule has 3 N–H and O–H groups in total. The van der Waals surface area contributed by atoms with Crippen molar-refractivity contribution < 1.29 is 23.1 Å². The van der Waals surface area contributed by atoms with Crippen molar-refractivity contribution >= 4 is 21.8 Å². The summed E-state index contributed by atoms with van der Waals surface area (Å²) in [7, 11) is -3.00. The van der Waals surface area contributed by atoms with Crippen LogP contribution in [0.25, 0.3) is 0 Å². The van der Waals surface area contributed by atoms with Gasteiger partial charge in [-0.3, -0.25) is 4.79 Å². The van der Waals surface area contributed by atoms with Crippen molar-refractivity contribution in [2.75, 3.05) is 11.5 Å². The topological polar surface area (TPSA) is 113 Å². The smallest absolute Gasteiger partial charge is 0.315 e. The molecule has 0 aromatic heterocycles. The maximum absolute atomic E-state index is 11.7. The third-order valence-corrected chi connectivity index (χ3v) is 5.41. The van der Waals surface area contributed by atoms with Gasteiger partial charge < -0.3 is 15.7 Å². The van der Waals surface area contributed by atoms with Crippen LogP contribution in [0.5, 0.6) is 0 Å². The highest BCUT2D eigenvalue weighted by molar-refractivity contribution is 7.91. The molecule has 1 aliphatic heterocycles. The lowest BCUT2D eigenvalue weighted by Gasteiger charge is -2.17. The lowest BCUT2D eigenvalue weighted by molar-refractivity contribution is -0.141. The minimum Gasteiger partial charge on any atom is -0.481 e. The van der Waals surface area contributed by atoms with Crippen LogP contribution in [0, 0.1) is 5.92 Å². The van der Waals surface area contributed by atoms with E-state index in [1.54, 1.807) is 6.92 Å². The van der Waals surface area contributed by atoms with Gasteiger partial charge in [-0.1, -0.05) is 13.3 Å². The molecule has 0 aromatic rings. The number of urea groups is 1.